The van der Waals surface area contributed by atoms with Gasteiger partial charge >= 0.3 is 0 Å². The number of aliphatic hydroxyl groups excluding tert-OH is 1. The monoisotopic (exact) mass is 296 g/mol. The Morgan fingerprint density at radius 1 is 1.40 bits per heavy atom. The van der Waals surface area contributed by atoms with E-state index in [4.69, 9.17) is 11.6 Å². The van der Waals surface area contributed by atoms with Crippen molar-refractivity contribution in [2.45, 2.75) is 33.2 Å². The summed E-state index contributed by atoms with van der Waals surface area (Å²) in [5.74, 6) is -0.439. The molecular weight excluding hydrogens is 279 g/mol. The molecule has 0 saturated carbocycles. The molecule has 20 heavy (non-hydrogen) atoms. The van der Waals surface area contributed by atoms with Crippen LogP contribution in [0, 0.1) is 19.7 Å². The second-order valence-corrected chi connectivity index (χ2v) is 5.28. The van der Waals surface area contributed by atoms with E-state index in [-0.39, 0.29) is 17.7 Å². The lowest BCUT2D eigenvalue weighted by molar-refractivity contribution is 0.213. The van der Waals surface area contributed by atoms with Crippen LogP contribution in [0.15, 0.2) is 18.2 Å². The molecule has 0 bridgehead atoms. The molecule has 108 valence electrons. The van der Waals surface area contributed by atoms with Crippen molar-refractivity contribution < 1.29 is 9.50 Å². The summed E-state index contributed by atoms with van der Waals surface area (Å²) in [6.07, 6.45) is 0.794. The maximum absolute atomic E-state index is 13.2. The molecule has 0 spiro atoms. The van der Waals surface area contributed by atoms with Crippen molar-refractivity contribution in [1.29, 1.82) is 0 Å². The summed E-state index contributed by atoms with van der Waals surface area (Å²) in [4.78, 5) is 0. The fraction of sp³-hybridized carbons (Fsp3) is 0.400. The fourth-order valence-electron chi connectivity index (χ4n) is 2.25. The average Bonchev–Trinajstić information content (AvgIpc) is 2.72. The van der Waals surface area contributed by atoms with Crippen LogP contribution < -0.4 is 0 Å². The highest BCUT2D eigenvalue weighted by molar-refractivity contribution is 6.31. The Kier molecular flexibility index (Phi) is 4.45. The lowest BCUT2D eigenvalue weighted by Crippen LogP contribution is -2.15. The lowest BCUT2D eigenvalue weighted by atomic mass is 10.1. The van der Waals surface area contributed by atoms with Crippen molar-refractivity contribution >= 4 is 11.6 Å². The van der Waals surface area contributed by atoms with Gasteiger partial charge in [0.1, 0.15) is 5.82 Å². The largest absolute Gasteiger partial charge is 0.394 e. The first kappa shape index (κ1) is 15.0. The zero-order valence-corrected chi connectivity index (χ0v) is 12.6. The summed E-state index contributed by atoms with van der Waals surface area (Å²) in [5, 5.41) is 14.1. The van der Waals surface area contributed by atoms with E-state index in [0.29, 0.717) is 0 Å². The van der Waals surface area contributed by atoms with Crippen LogP contribution in [0.5, 0.6) is 0 Å². The predicted octanol–water partition coefficient (Wildman–Crippen LogP) is 3.90. The quantitative estimate of drug-likeness (QED) is 0.929. The number of rotatable bonds is 4. The van der Waals surface area contributed by atoms with Crippen molar-refractivity contribution in [2.24, 2.45) is 0 Å². The third-order valence-electron chi connectivity index (χ3n) is 3.67. The summed E-state index contributed by atoms with van der Waals surface area (Å²) in [6, 6.07) is 4.55. The van der Waals surface area contributed by atoms with Crippen LogP contribution in [-0.4, -0.2) is 21.5 Å². The number of nitrogens with zero attached hydrogens (tertiary/aromatic N) is 2. The molecule has 1 aromatic carbocycles. The van der Waals surface area contributed by atoms with Crippen LogP contribution in [0.1, 0.15) is 30.6 Å². The number of halogens is 2. The topological polar surface area (TPSA) is 38.0 Å². The van der Waals surface area contributed by atoms with Crippen molar-refractivity contribution in [3.8, 4) is 11.3 Å². The van der Waals surface area contributed by atoms with E-state index in [1.807, 2.05) is 25.5 Å². The molecular formula is C15H18ClFN2O. The third kappa shape index (κ3) is 2.58. The first-order valence-corrected chi connectivity index (χ1v) is 6.99. The molecule has 5 heteroatoms. The highest BCUT2D eigenvalue weighted by atomic mass is 35.5. The fourth-order valence-corrected chi connectivity index (χ4v) is 2.43. The van der Waals surface area contributed by atoms with Crippen LogP contribution in [0.25, 0.3) is 11.3 Å². The minimum Gasteiger partial charge on any atom is -0.394 e. The highest BCUT2D eigenvalue weighted by Crippen LogP contribution is 2.29. The number of benzene rings is 1. The summed E-state index contributed by atoms with van der Waals surface area (Å²) >= 11 is 5.83. The molecule has 1 heterocycles. The molecule has 3 nitrogen and oxygen atoms in total. The van der Waals surface area contributed by atoms with E-state index in [0.717, 1.165) is 28.9 Å². The smallest absolute Gasteiger partial charge is 0.141 e. The van der Waals surface area contributed by atoms with Gasteiger partial charge in [-0.25, -0.2) is 4.39 Å². The van der Waals surface area contributed by atoms with E-state index in [1.165, 1.54) is 6.07 Å². The number of hydrogen-bond donors (Lipinski definition) is 1. The molecule has 1 aromatic heterocycles. The minimum atomic E-state index is -0.439. The molecule has 2 rings (SSSR count). The first-order chi connectivity index (χ1) is 9.49. The van der Waals surface area contributed by atoms with E-state index >= 15 is 0 Å². The van der Waals surface area contributed by atoms with Crippen molar-refractivity contribution in [3.05, 3.63) is 40.3 Å². The van der Waals surface area contributed by atoms with Gasteiger partial charge < -0.3 is 5.11 Å². The molecule has 0 aliphatic rings. The maximum Gasteiger partial charge on any atom is 0.141 e. The molecule has 0 saturated heterocycles. The summed E-state index contributed by atoms with van der Waals surface area (Å²) < 4.78 is 15.1. The Hall–Kier alpha value is -1.39. The zero-order valence-electron chi connectivity index (χ0n) is 11.8. The maximum atomic E-state index is 13.2. The SMILES string of the molecule is CCC(CO)n1nc(-c2ccc(F)c(Cl)c2)c(C)c1C. The van der Waals surface area contributed by atoms with Gasteiger partial charge in [0, 0.05) is 11.3 Å². The second-order valence-electron chi connectivity index (χ2n) is 4.88. The Bertz CT molecular complexity index is 621. The normalized spacial score (nSPS) is 12.7. The summed E-state index contributed by atoms with van der Waals surface area (Å²) in [6.45, 7) is 5.98. The molecule has 1 N–H and O–H groups in total. The number of aromatic nitrogens is 2. The zero-order chi connectivity index (χ0) is 14.9. The van der Waals surface area contributed by atoms with Crippen LogP contribution in [0.3, 0.4) is 0 Å². The number of hydrogen-bond acceptors (Lipinski definition) is 2. The van der Waals surface area contributed by atoms with E-state index < -0.39 is 5.82 Å². The molecule has 0 fully saturated rings. The molecule has 1 atom stereocenters. The molecule has 0 amide bonds. The van der Waals surface area contributed by atoms with E-state index in [9.17, 15) is 9.50 Å². The van der Waals surface area contributed by atoms with Crippen LogP contribution in [0.2, 0.25) is 5.02 Å². The van der Waals surface area contributed by atoms with Gasteiger partial charge in [-0.15, -0.1) is 0 Å². The highest BCUT2D eigenvalue weighted by Gasteiger charge is 2.18. The standard InChI is InChI=1S/C15H18ClFN2O/c1-4-12(8-20)19-10(3)9(2)15(18-19)11-5-6-14(17)13(16)7-11/h5-7,12,20H,4,8H2,1-3H3. The Balaban J connectivity index is 2.52. The number of aliphatic hydroxyl groups is 1. The van der Waals surface area contributed by atoms with Crippen molar-refractivity contribution in [2.75, 3.05) is 6.61 Å². The van der Waals surface area contributed by atoms with Crippen LogP contribution >= 0.6 is 11.6 Å². The molecule has 0 radical (unpaired) electrons. The Labute approximate surface area is 123 Å². The molecule has 0 aliphatic heterocycles. The minimum absolute atomic E-state index is 0.0432. The molecule has 1 unspecified atom stereocenters. The van der Waals surface area contributed by atoms with Gasteiger partial charge in [0.05, 0.1) is 23.4 Å². The second kappa shape index (κ2) is 5.94. The first-order valence-electron chi connectivity index (χ1n) is 6.61. The third-order valence-corrected chi connectivity index (χ3v) is 3.96. The van der Waals surface area contributed by atoms with Gasteiger partial charge in [-0.3, -0.25) is 4.68 Å². The van der Waals surface area contributed by atoms with Gasteiger partial charge in [0.15, 0.2) is 0 Å². The Morgan fingerprint density at radius 3 is 2.65 bits per heavy atom. The van der Waals surface area contributed by atoms with Crippen molar-refractivity contribution in [3.63, 3.8) is 0 Å². The van der Waals surface area contributed by atoms with E-state index in [2.05, 4.69) is 5.10 Å². The van der Waals surface area contributed by atoms with Gasteiger partial charge in [-0.1, -0.05) is 18.5 Å². The van der Waals surface area contributed by atoms with Crippen LogP contribution in [-0.2, 0) is 0 Å². The van der Waals surface area contributed by atoms with Gasteiger partial charge in [-0.05, 0) is 44.0 Å². The van der Waals surface area contributed by atoms with Gasteiger partial charge in [-0.2, -0.15) is 5.10 Å². The van der Waals surface area contributed by atoms with Gasteiger partial charge in [0.25, 0.3) is 0 Å². The summed E-state index contributed by atoms with van der Waals surface area (Å²) in [5.41, 5.74) is 3.57. The van der Waals surface area contributed by atoms with Crippen LogP contribution in [0.4, 0.5) is 4.39 Å². The molecule has 2 aromatic rings. The molecule has 0 aliphatic carbocycles. The van der Waals surface area contributed by atoms with Gasteiger partial charge in [0.2, 0.25) is 0 Å². The van der Waals surface area contributed by atoms with Crippen molar-refractivity contribution in [1.82, 2.24) is 9.78 Å². The van der Waals surface area contributed by atoms with E-state index in [1.54, 1.807) is 12.1 Å². The predicted molar refractivity (Wildman–Crippen MR) is 78.5 cm³/mol. The Morgan fingerprint density at radius 2 is 2.10 bits per heavy atom. The average molecular weight is 297 g/mol. The summed E-state index contributed by atoms with van der Waals surface area (Å²) in [7, 11) is 0. The lowest BCUT2D eigenvalue weighted by Gasteiger charge is -2.14.